The lowest BCUT2D eigenvalue weighted by molar-refractivity contribution is 0.403. The molecule has 2 unspecified atom stereocenters. The van der Waals surface area contributed by atoms with Crippen LogP contribution in [0.3, 0.4) is 0 Å². The van der Waals surface area contributed by atoms with E-state index < -0.39 is 0 Å². The number of hydrogen-bond acceptors (Lipinski definition) is 3. The largest absolute Gasteiger partial charge is 0.495 e. The molecule has 0 saturated heterocycles. The van der Waals surface area contributed by atoms with Crippen LogP contribution in [0.1, 0.15) is 31.2 Å². The Hall–Kier alpha value is -0.930. The van der Waals surface area contributed by atoms with Gasteiger partial charge in [-0.3, -0.25) is 0 Å². The number of nitrogens with one attached hydrogen (secondary N) is 1. The number of nitrogens with two attached hydrogens (primary N) is 1. The molecule has 100 valence electrons. The number of methoxy groups -OCH3 is 1. The Labute approximate surface area is 114 Å². The molecule has 0 amide bonds. The van der Waals surface area contributed by atoms with Crippen LogP contribution in [0, 0.1) is 6.92 Å². The van der Waals surface area contributed by atoms with E-state index in [0.717, 1.165) is 24.1 Å². The quantitative estimate of drug-likeness (QED) is 0.884. The van der Waals surface area contributed by atoms with E-state index in [2.05, 4.69) is 12.2 Å². The molecule has 1 saturated carbocycles. The average molecular weight is 269 g/mol. The molecule has 2 atom stereocenters. The number of ether oxygens (including phenoxy) is 1. The minimum atomic E-state index is 0.235. The molecule has 0 aromatic heterocycles. The van der Waals surface area contributed by atoms with Crippen LogP contribution in [0.5, 0.6) is 5.75 Å². The summed E-state index contributed by atoms with van der Waals surface area (Å²) in [6, 6.07) is 4.47. The van der Waals surface area contributed by atoms with Crippen LogP contribution in [-0.2, 0) is 0 Å². The van der Waals surface area contributed by atoms with E-state index in [1.165, 1.54) is 12.8 Å². The second-order valence-electron chi connectivity index (χ2n) is 5.00. The lowest BCUT2D eigenvalue weighted by atomic mass is 9.90. The molecule has 18 heavy (non-hydrogen) atoms. The number of halogens is 1. The van der Waals surface area contributed by atoms with Gasteiger partial charge in [0.1, 0.15) is 5.75 Å². The minimum absolute atomic E-state index is 0.235. The van der Waals surface area contributed by atoms with Gasteiger partial charge in [0.2, 0.25) is 0 Å². The number of aryl methyl sites for hydroxylation is 1. The Morgan fingerprint density at radius 3 is 2.72 bits per heavy atom. The van der Waals surface area contributed by atoms with Crippen LogP contribution in [0.2, 0.25) is 5.02 Å². The van der Waals surface area contributed by atoms with Gasteiger partial charge >= 0.3 is 0 Å². The predicted octanol–water partition coefficient (Wildman–Crippen LogP) is 3.34. The fourth-order valence-corrected chi connectivity index (χ4v) is 2.75. The first-order valence-corrected chi connectivity index (χ1v) is 6.86. The van der Waals surface area contributed by atoms with Crippen molar-refractivity contribution in [2.45, 2.75) is 44.7 Å². The third-order valence-electron chi connectivity index (χ3n) is 3.66. The molecule has 1 aromatic carbocycles. The molecule has 3 N–H and O–H groups in total. The van der Waals surface area contributed by atoms with E-state index in [1.54, 1.807) is 7.11 Å². The zero-order chi connectivity index (χ0) is 13.1. The van der Waals surface area contributed by atoms with E-state index in [0.29, 0.717) is 16.8 Å². The fraction of sp³-hybridized carbons (Fsp3) is 0.571. The highest BCUT2D eigenvalue weighted by Crippen LogP contribution is 2.32. The summed E-state index contributed by atoms with van der Waals surface area (Å²) in [4.78, 5) is 0. The zero-order valence-electron chi connectivity index (χ0n) is 11.0. The summed E-state index contributed by atoms with van der Waals surface area (Å²) in [7, 11) is 1.63. The van der Waals surface area contributed by atoms with E-state index in [1.807, 2.05) is 12.1 Å². The maximum Gasteiger partial charge on any atom is 0.137 e. The summed E-state index contributed by atoms with van der Waals surface area (Å²) in [6.07, 6.45) is 4.71. The SMILES string of the molecule is COc1cc(C)c(NC2CCCCC2N)cc1Cl. The molecule has 1 aliphatic rings. The van der Waals surface area contributed by atoms with Gasteiger partial charge in [0.15, 0.2) is 0 Å². The van der Waals surface area contributed by atoms with E-state index in [9.17, 15) is 0 Å². The highest BCUT2D eigenvalue weighted by Gasteiger charge is 2.22. The molecule has 0 bridgehead atoms. The molecule has 1 aliphatic carbocycles. The molecule has 1 fully saturated rings. The maximum atomic E-state index is 6.16. The lowest BCUT2D eigenvalue weighted by Gasteiger charge is -2.30. The topological polar surface area (TPSA) is 47.3 Å². The molecule has 0 heterocycles. The Bertz CT molecular complexity index is 423. The van der Waals surface area contributed by atoms with Crippen molar-refractivity contribution in [3.05, 3.63) is 22.7 Å². The fourth-order valence-electron chi connectivity index (χ4n) is 2.51. The van der Waals surface area contributed by atoms with Crippen LogP contribution < -0.4 is 15.8 Å². The third kappa shape index (κ3) is 2.90. The number of benzene rings is 1. The van der Waals surface area contributed by atoms with Crippen molar-refractivity contribution in [1.29, 1.82) is 0 Å². The second kappa shape index (κ2) is 5.81. The highest BCUT2D eigenvalue weighted by molar-refractivity contribution is 6.32. The van der Waals surface area contributed by atoms with Crippen LogP contribution >= 0.6 is 11.6 Å². The van der Waals surface area contributed by atoms with Crippen LogP contribution in [-0.4, -0.2) is 19.2 Å². The number of anilines is 1. The van der Waals surface area contributed by atoms with Crippen LogP contribution in [0.4, 0.5) is 5.69 Å². The first-order valence-electron chi connectivity index (χ1n) is 6.48. The first kappa shape index (κ1) is 13.5. The predicted molar refractivity (Wildman–Crippen MR) is 76.6 cm³/mol. The molecule has 1 aromatic rings. The smallest absolute Gasteiger partial charge is 0.137 e. The van der Waals surface area contributed by atoms with Gasteiger partial charge in [0.25, 0.3) is 0 Å². The van der Waals surface area contributed by atoms with Crippen molar-refractivity contribution < 1.29 is 4.74 Å². The summed E-state index contributed by atoms with van der Waals surface area (Å²) >= 11 is 6.16. The Balaban J connectivity index is 2.15. The van der Waals surface area contributed by atoms with E-state index in [-0.39, 0.29) is 6.04 Å². The lowest BCUT2D eigenvalue weighted by Crippen LogP contribution is -2.42. The zero-order valence-corrected chi connectivity index (χ0v) is 11.8. The van der Waals surface area contributed by atoms with Crippen LogP contribution in [0.15, 0.2) is 12.1 Å². The average Bonchev–Trinajstić information content (AvgIpc) is 2.36. The summed E-state index contributed by atoms with van der Waals surface area (Å²) < 4.78 is 5.21. The van der Waals surface area contributed by atoms with Crippen molar-refractivity contribution >= 4 is 17.3 Å². The monoisotopic (exact) mass is 268 g/mol. The van der Waals surface area contributed by atoms with Crippen molar-refractivity contribution in [3.63, 3.8) is 0 Å². The molecule has 2 rings (SSSR count). The molecule has 0 aliphatic heterocycles. The van der Waals surface area contributed by atoms with Crippen molar-refractivity contribution in [3.8, 4) is 5.75 Å². The van der Waals surface area contributed by atoms with Crippen molar-refractivity contribution in [2.24, 2.45) is 5.73 Å². The first-order chi connectivity index (χ1) is 8.61. The van der Waals surface area contributed by atoms with E-state index >= 15 is 0 Å². The number of rotatable bonds is 3. The minimum Gasteiger partial charge on any atom is -0.495 e. The second-order valence-corrected chi connectivity index (χ2v) is 5.41. The normalized spacial score (nSPS) is 23.8. The van der Waals surface area contributed by atoms with Gasteiger partial charge in [-0.05, 0) is 37.5 Å². The Morgan fingerprint density at radius 2 is 2.06 bits per heavy atom. The summed E-state index contributed by atoms with van der Waals surface area (Å²) in [5.74, 6) is 0.715. The van der Waals surface area contributed by atoms with Gasteiger partial charge in [-0.25, -0.2) is 0 Å². The molecular formula is C14H21ClN2O. The standard InChI is InChI=1S/C14H21ClN2O/c1-9-7-14(18-2)10(15)8-13(9)17-12-6-4-3-5-11(12)16/h7-8,11-12,17H,3-6,16H2,1-2H3. The van der Waals surface area contributed by atoms with E-state index in [4.69, 9.17) is 22.1 Å². The summed E-state index contributed by atoms with van der Waals surface area (Å²) in [5, 5.41) is 4.16. The highest BCUT2D eigenvalue weighted by atomic mass is 35.5. The molecular weight excluding hydrogens is 248 g/mol. The summed E-state index contributed by atoms with van der Waals surface area (Å²) in [6.45, 7) is 2.05. The molecule has 4 heteroatoms. The van der Waals surface area contributed by atoms with Gasteiger partial charge in [0.05, 0.1) is 12.1 Å². The van der Waals surface area contributed by atoms with Gasteiger partial charge in [-0.1, -0.05) is 24.4 Å². The van der Waals surface area contributed by atoms with Gasteiger partial charge in [-0.2, -0.15) is 0 Å². The van der Waals surface area contributed by atoms with Crippen molar-refractivity contribution in [2.75, 3.05) is 12.4 Å². The Morgan fingerprint density at radius 1 is 1.33 bits per heavy atom. The molecule has 0 radical (unpaired) electrons. The summed E-state index contributed by atoms with van der Waals surface area (Å²) in [5.41, 5.74) is 8.34. The van der Waals surface area contributed by atoms with Gasteiger partial charge in [0, 0.05) is 17.8 Å². The molecule has 0 spiro atoms. The van der Waals surface area contributed by atoms with Gasteiger partial charge < -0.3 is 15.8 Å². The van der Waals surface area contributed by atoms with Crippen molar-refractivity contribution in [1.82, 2.24) is 0 Å². The van der Waals surface area contributed by atoms with Gasteiger partial charge in [-0.15, -0.1) is 0 Å². The number of hydrogen-bond donors (Lipinski definition) is 2. The molecule has 3 nitrogen and oxygen atoms in total. The Kier molecular flexibility index (Phi) is 4.36. The maximum absolute atomic E-state index is 6.16. The van der Waals surface area contributed by atoms with Crippen LogP contribution in [0.25, 0.3) is 0 Å². The third-order valence-corrected chi connectivity index (χ3v) is 3.95.